The van der Waals surface area contributed by atoms with Gasteiger partial charge in [-0.3, -0.25) is 9.59 Å². The fourth-order valence-corrected chi connectivity index (χ4v) is 1.84. The van der Waals surface area contributed by atoms with Crippen molar-refractivity contribution >= 4 is 23.3 Å². The molecule has 1 aliphatic rings. The van der Waals surface area contributed by atoms with E-state index < -0.39 is 30.2 Å². The quantitative estimate of drug-likeness (QED) is 0.858. The average molecular weight is 274 g/mol. The molecule has 1 aromatic carbocycles. The van der Waals surface area contributed by atoms with Gasteiger partial charge in [0, 0.05) is 0 Å². The number of carbonyl (C=O) groups excluding carboxylic acids is 1. The normalized spacial score (nSPS) is 14.9. The Morgan fingerprint density at radius 3 is 2.68 bits per heavy atom. The molecule has 1 amide bonds. The van der Waals surface area contributed by atoms with Crippen LogP contribution in [0.3, 0.4) is 0 Å². The molecule has 5 nitrogen and oxygen atoms in total. The van der Waals surface area contributed by atoms with Gasteiger partial charge in [-0.2, -0.15) is 13.2 Å². The van der Waals surface area contributed by atoms with E-state index in [4.69, 9.17) is 5.11 Å². The first-order valence-electron chi connectivity index (χ1n) is 5.25. The Balaban J connectivity index is 2.41. The van der Waals surface area contributed by atoms with Gasteiger partial charge in [-0.05, 0) is 18.2 Å². The first-order chi connectivity index (χ1) is 8.77. The lowest BCUT2D eigenvalue weighted by molar-refractivity contribution is -0.138. The molecule has 0 aliphatic carbocycles. The number of aliphatic carboxylic acids is 1. The van der Waals surface area contributed by atoms with E-state index in [2.05, 4.69) is 5.32 Å². The minimum atomic E-state index is -4.52. The Morgan fingerprint density at radius 2 is 2.11 bits per heavy atom. The molecular weight excluding hydrogens is 265 g/mol. The summed E-state index contributed by atoms with van der Waals surface area (Å²) in [6.07, 6.45) is -4.52. The second-order valence-electron chi connectivity index (χ2n) is 4.03. The van der Waals surface area contributed by atoms with Crippen LogP contribution in [0.2, 0.25) is 0 Å². The van der Waals surface area contributed by atoms with Crippen molar-refractivity contribution in [1.29, 1.82) is 0 Å². The molecule has 19 heavy (non-hydrogen) atoms. The van der Waals surface area contributed by atoms with Crippen LogP contribution in [-0.4, -0.2) is 30.1 Å². The van der Waals surface area contributed by atoms with Crippen LogP contribution in [0.15, 0.2) is 18.2 Å². The van der Waals surface area contributed by atoms with Crippen LogP contribution in [0, 0.1) is 0 Å². The van der Waals surface area contributed by atoms with Crippen LogP contribution >= 0.6 is 0 Å². The van der Waals surface area contributed by atoms with Gasteiger partial charge in [0.05, 0.1) is 23.5 Å². The van der Waals surface area contributed by atoms with E-state index in [9.17, 15) is 22.8 Å². The molecule has 0 saturated carbocycles. The molecule has 0 spiro atoms. The molecule has 1 aliphatic heterocycles. The number of nitrogens with zero attached hydrogens (tertiary/aromatic N) is 1. The molecule has 102 valence electrons. The monoisotopic (exact) mass is 274 g/mol. The zero-order valence-corrected chi connectivity index (χ0v) is 9.49. The second-order valence-corrected chi connectivity index (χ2v) is 4.03. The van der Waals surface area contributed by atoms with Crippen LogP contribution in [0.25, 0.3) is 0 Å². The topological polar surface area (TPSA) is 69.6 Å². The Kier molecular flexibility index (Phi) is 3.09. The minimum absolute atomic E-state index is 0.0349. The molecule has 0 aromatic heterocycles. The number of carboxylic acid groups (broad SMARTS) is 1. The predicted octanol–water partition coefficient (Wildman–Crippen LogP) is 1.55. The zero-order valence-electron chi connectivity index (χ0n) is 9.49. The zero-order chi connectivity index (χ0) is 14.2. The summed E-state index contributed by atoms with van der Waals surface area (Å²) in [5.41, 5.74) is -0.675. The first kappa shape index (κ1) is 13.2. The van der Waals surface area contributed by atoms with Gasteiger partial charge in [0.1, 0.15) is 6.54 Å². The first-order valence-corrected chi connectivity index (χ1v) is 5.25. The number of carboxylic acids is 1. The third-order valence-corrected chi connectivity index (χ3v) is 2.60. The van der Waals surface area contributed by atoms with Gasteiger partial charge >= 0.3 is 12.1 Å². The second kappa shape index (κ2) is 4.45. The molecule has 1 heterocycles. The summed E-state index contributed by atoms with van der Waals surface area (Å²) in [6.45, 7) is -0.656. The van der Waals surface area contributed by atoms with Gasteiger partial charge in [0.15, 0.2) is 0 Å². The van der Waals surface area contributed by atoms with Crippen LogP contribution < -0.4 is 10.2 Å². The minimum Gasteiger partial charge on any atom is -0.480 e. The van der Waals surface area contributed by atoms with Crippen LogP contribution in [0.4, 0.5) is 24.5 Å². The number of halogens is 3. The molecule has 0 saturated heterocycles. The van der Waals surface area contributed by atoms with E-state index in [0.717, 1.165) is 18.2 Å². The van der Waals surface area contributed by atoms with Crippen molar-refractivity contribution in [2.24, 2.45) is 0 Å². The SMILES string of the molecule is O=C(O)CN1CC(=O)Nc2cc(C(F)(F)F)ccc21. The standard InChI is InChI=1S/C11H9F3N2O3/c12-11(13,14)6-1-2-8-7(3-6)15-9(17)4-16(8)5-10(18)19/h1-3H,4-5H2,(H,15,17)(H,18,19). The maximum absolute atomic E-state index is 12.5. The number of hydrogen-bond donors (Lipinski definition) is 2. The molecule has 8 heteroatoms. The molecule has 0 bridgehead atoms. The number of nitrogens with one attached hydrogen (secondary N) is 1. The summed E-state index contributed by atoms with van der Waals surface area (Å²) in [7, 11) is 0. The maximum atomic E-state index is 12.5. The van der Waals surface area contributed by atoms with Gasteiger partial charge < -0.3 is 15.3 Å². The van der Waals surface area contributed by atoms with Crippen molar-refractivity contribution in [2.75, 3.05) is 23.3 Å². The summed E-state index contributed by atoms with van der Waals surface area (Å²) in [6, 6.07) is 2.80. The number of hydrogen-bond acceptors (Lipinski definition) is 3. The maximum Gasteiger partial charge on any atom is 0.416 e. The van der Waals surface area contributed by atoms with Crippen molar-refractivity contribution in [3.63, 3.8) is 0 Å². The Bertz CT molecular complexity index is 542. The highest BCUT2D eigenvalue weighted by molar-refractivity contribution is 6.02. The molecule has 0 fully saturated rings. The summed E-state index contributed by atoms with van der Waals surface area (Å²) in [5, 5.41) is 11.0. The highest BCUT2D eigenvalue weighted by Gasteiger charge is 2.33. The van der Waals surface area contributed by atoms with E-state index >= 15 is 0 Å². The van der Waals surface area contributed by atoms with Crippen LogP contribution in [-0.2, 0) is 15.8 Å². The average Bonchev–Trinajstić information content (AvgIpc) is 2.25. The van der Waals surface area contributed by atoms with Gasteiger partial charge in [-0.15, -0.1) is 0 Å². The number of fused-ring (bicyclic) bond motifs is 1. The van der Waals surface area contributed by atoms with Crippen molar-refractivity contribution in [3.8, 4) is 0 Å². The molecule has 0 radical (unpaired) electrons. The number of carbonyl (C=O) groups is 2. The highest BCUT2D eigenvalue weighted by atomic mass is 19.4. The van der Waals surface area contributed by atoms with Gasteiger partial charge in [-0.25, -0.2) is 0 Å². The van der Waals surface area contributed by atoms with E-state index in [1.165, 1.54) is 4.90 Å². The highest BCUT2D eigenvalue weighted by Crippen LogP contribution is 2.36. The lowest BCUT2D eigenvalue weighted by Gasteiger charge is -2.30. The van der Waals surface area contributed by atoms with Crippen LogP contribution in [0.1, 0.15) is 5.56 Å². The number of rotatable bonds is 2. The van der Waals surface area contributed by atoms with E-state index in [-0.39, 0.29) is 17.9 Å². The summed E-state index contributed by atoms with van der Waals surface area (Å²) >= 11 is 0. The van der Waals surface area contributed by atoms with E-state index in [0.29, 0.717) is 0 Å². The third kappa shape index (κ3) is 2.78. The summed E-state index contributed by atoms with van der Waals surface area (Å²) < 4.78 is 37.6. The Morgan fingerprint density at radius 1 is 1.42 bits per heavy atom. The smallest absolute Gasteiger partial charge is 0.416 e. The Hall–Kier alpha value is -2.25. The summed E-state index contributed by atoms with van der Waals surface area (Å²) in [4.78, 5) is 23.2. The van der Waals surface area contributed by atoms with Gasteiger partial charge in [0.25, 0.3) is 0 Å². The van der Waals surface area contributed by atoms with Crippen molar-refractivity contribution in [3.05, 3.63) is 23.8 Å². The number of alkyl halides is 3. The molecule has 0 atom stereocenters. The molecule has 1 aromatic rings. The fourth-order valence-electron chi connectivity index (χ4n) is 1.84. The fraction of sp³-hybridized carbons (Fsp3) is 0.273. The third-order valence-electron chi connectivity index (χ3n) is 2.60. The van der Waals surface area contributed by atoms with Crippen molar-refractivity contribution in [1.82, 2.24) is 0 Å². The van der Waals surface area contributed by atoms with Gasteiger partial charge in [-0.1, -0.05) is 0 Å². The molecular formula is C11H9F3N2O3. The number of anilines is 2. The number of benzene rings is 1. The van der Waals surface area contributed by atoms with Crippen molar-refractivity contribution in [2.45, 2.75) is 6.18 Å². The van der Waals surface area contributed by atoms with E-state index in [1.54, 1.807) is 0 Å². The van der Waals surface area contributed by atoms with Crippen LogP contribution in [0.5, 0.6) is 0 Å². The lowest BCUT2D eigenvalue weighted by Crippen LogP contribution is -2.41. The largest absolute Gasteiger partial charge is 0.480 e. The van der Waals surface area contributed by atoms with Gasteiger partial charge in [0.2, 0.25) is 5.91 Å². The number of amides is 1. The molecule has 0 unspecified atom stereocenters. The Labute approximate surface area is 105 Å². The summed E-state index contributed by atoms with van der Waals surface area (Å²) in [5.74, 6) is -1.71. The molecule has 2 N–H and O–H groups in total. The van der Waals surface area contributed by atoms with E-state index in [1.807, 2.05) is 0 Å². The lowest BCUT2D eigenvalue weighted by atomic mass is 10.1. The van der Waals surface area contributed by atoms with Crippen molar-refractivity contribution < 1.29 is 27.9 Å². The molecule has 2 rings (SSSR count). The predicted molar refractivity (Wildman–Crippen MR) is 59.9 cm³/mol.